The van der Waals surface area contributed by atoms with Gasteiger partial charge in [-0.15, -0.1) is 0 Å². The Morgan fingerprint density at radius 3 is 3.05 bits per heavy atom. The van der Waals surface area contributed by atoms with Crippen molar-refractivity contribution in [3.8, 4) is 0 Å². The molecule has 1 spiro atoms. The van der Waals surface area contributed by atoms with Gasteiger partial charge in [0.25, 0.3) is 0 Å². The molecule has 0 radical (unpaired) electrons. The number of amidine groups is 1. The third-order valence-corrected chi connectivity index (χ3v) is 4.30. The first kappa shape index (κ1) is 13.2. The zero-order valence-corrected chi connectivity index (χ0v) is 12.1. The van der Waals surface area contributed by atoms with Gasteiger partial charge in [0.2, 0.25) is 0 Å². The fourth-order valence-electron chi connectivity index (χ4n) is 3.14. The van der Waals surface area contributed by atoms with Crippen LogP contribution >= 0.6 is 0 Å². The Morgan fingerprint density at radius 2 is 2.35 bits per heavy atom. The van der Waals surface area contributed by atoms with Crippen molar-refractivity contribution in [3.05, 3.63) is 22.9 Å². The topological polar surface area (TPSA) is 87.4 Å². The molecule has 2 aliphatic heterocycles. The van der Waals surface area contributed by atoms with E-state index in [4.69, 9.17) is 10.7 Å². The fourth-order valence-corrected chi connectivity index (χ4v) is 3.14. The Labute approximate surface area is 119 Å². The average molecular weight is 274 g/mol. The summed E-state index contributed by atoms with van der Waals surface area (Å²) in [5.41, 5.74) is 12.0. The quantitative estimate of drug-likeness (QED) is 0.354. The fraction of sp³-hybridized carbons (Fsp3) is 0.571. The van der Waals surface area contributed by atoms with Gasteiger partial charge in [-0.25, -0.2) is 4.98 Å². The van der Waals surface area contributed by atoms with E-state index in [1.54, 1.807) is 7.05 Å². The van der Waals surface area contributed by atoms with E-state index < -0.39 is 0 Å². The van der Waals surface area contributed by atoms with E-state index in [0.717, 1.165) is 49.4 Å². The van der Waals surface area contributed by atoms with Gasteiger partial charge in [-0.2, -0.15) is 5.10 Å². The van der Waals surface area contributed by atoms with Crippen molar-refractivity contribution in [1.82, 2.24) is 15.7 Å². The van der Waals surface area contributed by atoms with Crippen LogP contribution in [0.3, 0.4) is 0 Å². The van der Waals surface area contributed by atoms with E-state index in [2.05, 4.69) is 27.2 Å². The number of nitrogens with one attached hydrogen (secondary N) is 3. The predicted molar refractivity (Wildman–Crippen MR) is 80.9 cm³/mol. The number of rotatable bonds is 2. The minimum Gasteiger partial charge on any atom is -0.382 e. The number of pyridine rings is 1. The lowest BCUT2D eigenvalue weighted by molar-refractivity contribution is 0.454. The van der Waals surface area contributed by atoms with E-state index in [1.165, 1.54) is 5.56 Å². The Morgan fingerprint density at radius 1 is 1.50 bits per heavy atom. The highest BCUT2D eigenvalue weighted by molar-refractivity contribution is 5.98. The second-order valence-corrected chi connectivity index (χ2v) is 5.68. The molecular weight excluding hydrogens is 252 g/mol. The second kappa shape index (κ2) is 4.94. The molecule has 1 fully saturated rings. The minimum absolute atomic E-state index is 0.193. The molecule has 0 bridgehead atoms. The molecule has 5 N–H and O–H groups in total. The van der Waals surface area contributed by atoms with Crippen molar-refractivity contribution < 1.29 is 0 Å². The first-order chi connectivity index (χ1) is 9.63. The summed E-state index contributed by atoms with van der Waals surface area (Å²) >= 11 is 0. The summed E-state index contributed by atoms with van der Waals surface area (Å²) in [5, 5.41) is 11.1. The van der Waals surface area contributed by atoms with Crippen molar-refractivity contribution >= 4 is 11.7 Å². The monoisotopic (exact) mass is 274 g/mol. The molecule has 20 heavy (non-hydrogen) atoms. The zero-order valence-electron chi connectivity index (χ0n) is 12.1. The molecule has 0 aliphatic carbocycles. The Bertz CT molecular complexity index is 545. The zero-order chi connectivity index (χ0) is 14.2. The van der Waals surface area contributed by atoms with Gasteiger partial charge in [-0.05, 0) is 44.4 Å². The third-order valence-electron chi connectivity index (χ3n) is 4.30. The van der Waals surface area contributed by atoms with Gasteiger partial charge in [-0.3, -0.25) is 0 Å². The van der Waals surface area contributed by atoms with Crippen LogP contribution in [0.25, 0.3) is 0 Å². The van der Waals surface area contributed by atoms with Gasteiger partial charge < -0.3 is 21.8 Å². The van der Waals surface area contributed by atoms with Gasteiger partial charge in [0.1, 0.15) is 5.82 Å². The average Bonchev–Trinajstić information content (AvgIpc) is 2.86. The predicted octanol–water partition coefficient (Wildman–Crippen LogP) is 0.320. The smallest absolute Gasteiger partial charge is 0.152 e. The molecule has 0 saturated carbocycles. The molecule has 0 unspecified atom stereocenters. The maximum atomic E-state index is 5.97. The number of hydrazone groups is 1. The molecular formula is C14H22N6. The van der Waals surface area contributed by atoms with E-state index in [0.29, 0.717) is 5.84 Å². The first-order valence-corrected chi connectivity index (χ1v) is 7.13. The van der Waals surface area contributed by atoms with E-state index in [1.807, 2.05) is 6.92 Å². The number of nitrogens with two attached hydrogens (primary N) is 1. The standard InChI is InChI=1S/C14H22N6/c1-9-11(12(15)20-16-2)7-10-3-4-14(5-6-17-8-14)19-13(10)18-9/h7,16-17H,3-6,8H2,1-2H3,(H2,15,20)(H,18,19)/t14-/m0/s1. The lowest BCUT2D eigenvalue weighted by Gasteiger charge is -2.35. The molecule has 2 aliphatic rings. The van der Waals surface area contributed by atoms with Gasteiger partial charge in [-0.1, -0.05) is 0 Å². The van der Waals surface area contributed by atoms with Crippen LogP contribution in [0.1, 0.15) is 29.7 Å². The van der Waals surface area contributed by atoms with Gasteiger partial charge >= 0.3 is 0 Å². The Kier molecular flexibility index (Phi) is 3.25. The number of fused-ring (bicyclic) bond motifs is 1. The summed E-state index contributed by atoms with van der Waals surface area (Å²) in [6.45, 7) is 4.09. The second-order valence-electron chi connectivity index (χ2n) is 5.68. The molecule has 0 aromatic carbocycles. The van der Waals surface area contributed by atoms with Crippen LogP contribution < -0.4 is 21.8 Å². The molecule has 1 atom stereocenters. The number of aromatic nitrogens is 1. The Balaban J connectivity index is 1.94. The summed E-state index contributed by atoms with van der Waals surface area (Å²) in [6.07, 6.45) is 3.34. The van der Waals surface area contributed by atoms with E-state index >= 15 is 0 Å². The van der Waals surface area contributed by atoms with Crippen LogP contribution in [0.15, 0.2) is 11.2 Å². The van der Waals surface area contributed by atoms with Crippen LogP contribution in [-0.4, -0.2) is 36.5 Å². The highest BCUT2D eigenvalue weighted by atomic mass is 15.3. The highest BCUT2D eigenvalue weighted by Gasteiger charge is 2.37. The van der Waals surface area contributed by atoms with Crippen molar-refractivity contribution in [2.24, 2.45) is 10.8 Å². The Hall–Kier alpha value is -1.82. The van der Waals surface area contributed by atoms with Crippen LogP contribution in [0.5, 0.6) is 0 Å². The summed E-state index contributed by atoms with van der Waals surface area (Å²) in [7, 11) is 1.74. The maximum Gasteiger partial charge on any atom is 0.152 e. The number of hydrogen-bond acceptors (Lipinski definition) is 5. The summed E-state index contributed by atoms with van der Waals surface area (Å²) in [5.74, 6) is 1.50. The molecule has 6 nitrogen and oxygen atoms in total. The maximum absolute atomic E-state index is 5.97. The normalized spacial score (nSPS) is 25.4. The number of anilines is 1. The lowest BCUT2D eigenvalue weighted by Crippen LogP contribution is -2.44. The van der Waals surface area contributed by atoms with Crippen LogP contribution in [0, 0.1) is 6.92 Å². The molecule has 3 rings (SSSR count). The lowest BCUT2D eigenvalue weighted by atomic mass is 9.86. The van der Waals surface area contributed by atoms with Crippen molar-refractivity contribution in [1.29, 1.82) is 0 Å². The first-order valence-electron chi connectivity index (χ1n) is 7.13. The number of hydrogen-bond donors (Lipinski definition) is 4. The van der Waals surface area contributed by atoms with Gasteiger partial charge in [0, 0.05) is 19.2 Å². The molecule has 1 aromatic rings. The number of nitrogens with zero attached hydrogens (tertiary/aromatic N) is 2. The molecule has 3 heterocycles. The number of aryl methyl sites for hydroxylation is 2. The van der Waals surface area contributed by atoms with Gasteiger partial charge in [0.05, 0.1) is 11.2 Å². The molecule has 0 amide bonds. The molecule has 108 valence electrons. The van der Waals surface area contributed by atoms with Crippen LogP contribution in [-0.2, 0) is 6.42 Å². The summed E-state index contributed by atoms with van der Waals surface area (Å²) in [4.78, 5) is 4.71. The molecule has 6 heteroatoms. The largest absolute Gasteiger partial charge is 0.382 e. The van der Waals surface area contributed by atoms with Crippen molar-refractivity contribution in [3.63, 3.8) is 0 Å². The third kappa shape index (κ3) is 2.20. The summed E-state index contributed by atoms with van der Waals surface area (Å²) in [6, 6.07) is 2.12. The molecule has 1 aromatic heterocycles. The highest BCUT2D eigenvalue weighted by Crippen LogP contribution is 2.34. The van der Waals surface area contributed by atoms with Crippen molar-refractivity contribution in [2.45, 2.75) is 31.7 Å². The van der Waals surface area contributed by atoms with Crippen molar-refractivity contribution in [2.75, 3.05) is 25.5 Å². The van der Waals surface area contributed by atoms with E-state index in [-0.39, 0.29) is 5.54 Å². The van der Waals surface area contributed by atoms with E-state index in [9.17, 15) is 0 Å². The summed E-state index contributed by atoms with van der Waals surface area (Å²) < 4.78 is 0. The van der Waals surface area contributed by atoms with Crippen LogP contribution in [0.2, 0.25) is 0 Å². The van der Waals surface area contributed by atoms with Crippen LogP contribution in [0.4, 0.5) is 5.82 Å². The minimum atomic E-state index is 0.193. The molecule has 1 saturated heterocycles. The van der Waals surface area contributed by atoms with Gasteiger partial charge in [0.15, 0.2) is 5.84 Å². The SMILES string of the molecule is CN/N=C(\N)c1cc2c(nc1C)N[C@]1(CCNC1)CC2.